The lowest BCUT2D eigenvalue weighted by atomic mass is 10.3. The van der Waals surface area contributed by atoms with Crippen molar-refractivity contribution in [2.45, 2.75) is 16.7 Å². The Kier molecular flexibility index (Phi) is 7.01. The molecule has 3 aromatic carbocycles. The number of nitrogens with zero attached hydrogens (tertiary/aromatic N) is 1. The summed E-state index contributed by atoms with van der Waals surface area (Å²) in [6, 6.07) is 28.2. The second-order valence-corrected chi connectivity index (χ2v) is 7.98. The molecule has 3 aromatic rings. The molecule has 0 N–H and O–H groups in total. The minimum Gasteiger partial charge on any atom is -0.241 e. The molecule has 0 saturated carbocycles. The second-order valence-electron chi connectivity index (χ2n) is 5.54. The van der Waals surface area contributed by atoms with Gasteiger partial charge in [0.05, 0.1) is 5.69 Å². The molecule has 0 aliphatic carbocycles. The highest BCUT2D eigenvalue weighted by Gasteiger charge is 2.07. The van der Waals surface area contributed by atoms with Crippen LogP contribution < -0.4 is 0 Å². The summed E-state index contributed by atoms with van der Waals surface area (Å²) < 4.78 is 0. The van der Waals surface area contributed by atoms with E-state index in [9.17, 15) is 0 Å². The maximum absolute atomic E-state index is 5.99. The van der Waals surface area contributed by atoms with Crippen LogP contribution in [0.5, 0.6) is 0 Å². The van der Waals surface area contributed by atoms with E-state index in [-0.39, 0.29) is 0 Å². The third-order valence-corrected chi connectivity index (χ3v) is 5.85. The van der Waals surface area contributed by atoms with Gasteiger partial charge in [0.25, 0.3) is 0 Å². The molecular weight excluding hydrogens is 378 g/mol. The normalized spacial score (nSPS) is 12.2. The van der Waals surface area contributed by atoms with E-state index in [1.807, 2.05) is 60.7 Å². The van der Waals surface area contributed by atoms with Crippen LogP contribution in [-0.4, -0.2) is 5.04 Å². The molecule has 0 fully saturated rings. The molecule has 0 unspecified atom stereocenters. The molecule has 0 bridgehead atoms. The van der Waals surface area contributed by atoms with Gasteiger partial charge in [-0.2, -0.15) is 0 Å². The van der Waals surface area contributed by atoms with Gasteiger partial charge in [-0.1, -0.05) is 71.5 Å². The van der Waals surface area contributed by atoms with E-state index >= 15 is 0 Å². The first kappa shape index (κ1) is 18.8. The summed E-state index contributed by atoms with van der Waals surface area (Å²) >= 11 is 9.36. The number of thioether (sulfide) groups is 2. The van der Waals surface area contributed by atoms with Gasteiger partial charge in [-0.15, -0.1) is 0 Å². The van der Waals surface area contributed by atoms with E-state index in [0.29, 0.717) is 5.02 Å². The first-order chi connectivity index (χ1) is 12.7. The maximum Gasteiger partial charge on any atom is 0.105 e. The molecule has 130 valence electrons. The molecule has 0 aromatic heterocycles. The molecule has 26 heavy (non-hydrogen) atoms. The van der Waals surface area contributed by atoms with Gasteiger partial charge in [-0.3, -0.25) is 0 Å². The summed E-state index contributed by atoms with van der Waals surface area (Å²) in [6.45, 7) is 2.10. The standard InChI is InChI=1S/C22H18ClNS2/c1-17(16-25-20-8-4-2-5-9-20)22(26-21-10-6-3-7-11-21)24-19-14-12-18(23)13-15-19/h2-16H,1H3. The Balaban J connectivity index is 1.87. The SMILES string of the molecule is CC(=CSc1ccccc1)C(=Nc1ccc(Cl)cc1)Sc1ccccc1. The first-order valence-corrected chi connectivity index (χ1v) is 10.2. The molecule has 0 saturated heterocycles. The van der Waals surface area contributed by atoms with Gasteiger partial charge in [0.2, 0.25) is 0 Å². The van der Waals surface area contributed by atoms with Crippen molar-refractivity contribution in [1.29, 1.82) is 0 Å². The fraction of sp³-hybridized carbons (Fsp3) is 0.0455. The first-order valence-electron chi connectivity index (χ1n) is 8.17. The van der Waals surface area contributed by atoms with Crippen LogP contribution in [-0.2, 0) is 0 Å². The minimum atomic E-state index is 0.716. The van der Waals surface area contributed by atoms with Crippen LogP contribution in [0.2, 0.25) is 5.02 Å². The Morgan fingerprint density at radius 2 is 1.38 bits per heavy atom. The molecule has 0 spiro atoms. The van der Waals surface area contributed by atoms with Crippen LogP contribution in [0.15, 0.2) is 111 Å². The zero-order chi connectivity index (χ0) is 18.2. The highest BCUT2D eigenvalue weighted by molar-refractivity contribution is 8.14. The zero-order valence-corrected chi connectivity index (χ0v) is 16.7. The van der Waals surface area contributed by atoms with Crippen LogP contribution in [0, 0.1) is 0 Å². The maximum atomic E-state index is 5.99. The average molecular weight is 396 g/mol. The van der Waals surface area contributed by atoms with Gasteiger partial charge in [-0.05, 0) is 66.4 Å². The van der Waals surface area contributed by atoms with E-state index < -0.39 is 0 Å². The van der Waals surface area contributed by atoms with Crippen molar-refractivity contribution in [2.75, 3.05) is 0 Å². The predicted octanol–water partition coefficient (Wildman–Crippen LogP) is 7.86. The van der Waals surface area contributed by atoms with Crippen LogP contribution >= 0.6 is 35.1 Å². The quantitative estimate of drug-likeness (QED) is 0.247. The molecule has 0 aliphatic heterocycles. The summed E-state index contributed by atoms with van der Waals surface area (Å²) in [7, 11) is 0. The smallest absolute Gasteiger partial charge is 0.105 e. The third-order valence-electron chi connectivity index (χ3n) is 3.47. The topological polar surface area (TPSA) is 12.4 Å². The highest BCUT2D eigenvalue weighted by Crippen LogP contribution is 2.29. The molecule has 0 atom stereocenters. The zero-order valence-electron chi connectivity index (χ0n) is 14.3. The van der Waals surface area contributed by atoms with Crippen LogP contribution in [0.25, 0.3) is 0 Å². The number of rotatable bonds is 5. The third kappa shape index (κ3) is 5.80. The van der Waals surface area contributed by atoms with Gasteiger partial charge < -0.3 is 0 Å². The molecule has 1 nitrogen and oxygen atoms in total. The summed E-state index contributed by atoms with van der Waals surface area (Å²) in [5, 5.41) is 3.84. The van der Waals surface area contributed by atoms with Crippen molar-refractivity contribution >= 4 is 45.9 Å². The minimum absolute atomic E-state index is 0.716. The monoisotopic (exact) mass is 395 g/mol. The van der Waals surface area contributed by atoms with Crippen molar-refractivity contribution in [3.8, 4) is 0 Å². The molecule has 0 radical (unpaired) electrons. The molecule has 3 rings (SSSR count). The largest absolute Gasteiger partial charge is 0.241 e. The van der Waals surface area contributed by atoms with Crippen molar-refractivity contribution < 1.29 is 0 Å². The lowest BCUT2D eigenvalue weighted by Gasteiger charge is -2.08. The Hall–Kier alpha value is -1.94. The van der Waals surface area contributed by atoms with E-state index in [0.717, 1.165) is 21.2 Å². The molecule has 4 heteroatoms. The van der Waals surface area contributed by atoms with E-state index in [1.165, 1.54) is 4.90 Å². The Labute approximate surface area is 168 Å². The molecule has 0 amide bonds. The van der Waals surface area contributed by atoms with Gasteiger partial charge in [0.1, 0.15) is 5.04 Å². The molecule has 0 aliphatic rings. The Morgan fingerprint density at radius 3 is 2.00 bits per heavy atom. The van der Waals surface area contributed by atoms with E-state index in [1.54, 1.807) is 23.5 Å². The number of aliphatic imine (C=N–C) groups is 1. The van der Waals surface area contributed by atoms with Gasteiger partial charge in [-0.25, -0.2) is 4.99 Å². The summed E-state index contributed by atoms with van der Waals surface area (Å²) in [6.07, 6.45) is 0. The summed E-state index contributed by atoms with van der Waals surface area (Å²) in [4.78, 5) is 7.22. The molecule has 0 heterocycles. The summed E-state index contributed by atoms with van der Waals surface area (Å²) in [5.41, 5.74) is 2.02. The Bertz CT molecular complexity index is 888. The molecular formula is C22H18ClNS2. The van der Waals surface area contributed by atoms with Crippen LogP contribution in [0.3, 0.4) is 0 Å². The number of hydrogen-bond acceptors (Lipinski definition) is 3. The Morgan fingerprint density at radius 1 is 0.808 bits per heavy atom. The highest BCUT2D eigenvalue weighted by atomic mass is 35.5. The van der Waals surface area contributed by atoms with Crippen molar-refractivity contribution in [3.63, 3.8) is 0 Å². The number of halogens is 1. The van der Waals surface area contributed by atoms with Crippen molar-refractivity contribution in [2.24, 2.45) is 4.99 Å². The fourth-order valence-corrected chi connectivity index (χ4v) is 3.96. The second kappa shape index (κ2) is 9.67. The van der Waals surface area contributed by atoms with Crippen molar-refractivity contribution in [3.05, 3.63) is 101 Å². The fourth-order valence-electron chi connectivity index (χ4n) is 2.13. The lowest BCUT2D eigenvalue weighted by Crippen LogP contribution is -1.94. The van der Waals surface area contributed by atoms with Gasteiger partial charge >= 0.3 is 0 Å². The number of hydrogen-bond donors (Lipinski definition) is 0. The van der Waals surface area contributed by atoms with E-state index in [4.69, 9.17) is 16.6 Å². The van der Waals surface area contributed by atoms with Crippen molar-refractivity contribution in [1.82, 2.24) is 0 Å². The average Bonchev–Trinajstić information content (AvgIpc) is 2.69. The van der Waals surface area contributed by atoms with Gasteiger partial charge in [0, 0.05) is 14.8 Å². The predicted molar refractivity (Wildman–Crippen MR) is 117 cm³/mol. The lowest BCUT2D eigenvalue weighted by molar-refractivity contribution is 1.46. The van der Waals surface area contributed by atoms with Gasteiger partial charge in [0.15, 0.2) is 0 Å². The number of benzene rings is 3. The van der Waals surface area contributed by atoms with Crippen LogP contribution in [0.4, 0.5) is 5.69 Å². The van der Waals surface area contributed by atoms with Crippen LogP contribution in [0.1, 0.15) is 6.92 Å². The van der Waals surface area contributed by atoms with E-state index in [2.05, 4.69) is 36.6 Å². The summed E-state index contributed by atoms with van der Waals surface area (Å²) in [5.74, 6) is 0.